The lowest BCUT2D eigenvalue weighted by Gasteiger charge is -2.33. The largest absolute Gasteiger partial charge is 0.455 e. The van der Waals surface area contributed by atoms with Crippen molar-refractivity contribution >= 4 is 11.7 Å². The molecule has 0 bridgehead atoms. The number of halogens is 1. The Morgan fingerprint density at radius 1 is 1.07 bits per heavy atom. The molecule has 4 aromatic rings. The van der Waals surface area contributed by atoms with Crippen LogP contribution < -0.4 is 4.74 Å². The highest BCUT2D eigenvalue weighted by atomic mass is 19.1. The van der Waals surface area contributed by atoms with Crippen molar-refractivity contribution in [2.75, 3.05) is 13.1 Å². The Morgan fingerprint density at radius 3 is 2.41 bits per heavy atom. The van der Waals surface area contributed by atoms with Gasteiger partial charge in [0.25, 0.3) is 0 Å². The average molecular weight is 566 g/mol. The summed E-state index contributed by atoms with van der Waals surface area (Å²) in [5.41, 5.74) is 4.20. The normalized spacial score (nSPS) is 14.9. The van der Waals surface area contributed by atoms with Crippen LogP contribution in [0.2, 0.25) is 0 Å². The lowest BCUT2D eigenvalue weighted by atomic mass is 10.0. The van der Waals surface area contributed by atoms with Gasteiger partial charge in [0, 0.05) is 42.3 Å². The standard InChI is InChI=1S/C28H34FN7O3.C2H6/c1-17-14-31-25-13-24(33-26(35(17)25)38-19(3)23-8-7-20(29)15-30-23)22-16-32-36(18(22)2)21-9-11-34(12-10-21)27(37)39-28(4,5)6;1-2/h7-8,13-16,19,21H,9-12H2,1-6H3;1-2H3/t19-;/m1./s1. The van der Waals surface area contributed by atoms with Crippen LogP contribution in [-0.4, -0.2) is 58.8 Å². The molecule has 1 aliphatic rings. The number of ether oxygens (including phenoxy) is 2. The van der Waals surface area contributed by atoms with E-state index < -0.39 is 17.5 Å². The molecule has 5 heterocycles. The zero-order valence-electron chi connectivity index (χ0n) is 25.2. The van der Waals surface area contributed by atoms with E-state index in [0.717, 1.165) is 29.8 Å². The predicted molar refractivity (Wildman–Crippen MR) is 154 cm³/mol. The number of amides is 1. The van der Waals surface area contributed by atoms with Gasteiger partial charge in [0.1, 0.15) is 23.2 Å². The lowest BCUT2D eigenvalue weighted by Crippen LogP contribution is -2.42. The fourth-order valence-electron chi connectivity index (χ4n) is 4.84. The Balaban J connectivity index is 0.00000189. The van der Waals surface area contributed by atoms with Crippen LogP contribution >= 0.6 is 0 Å². The van der Waals surface area contributed by atoms with E-state index in [9.17, 15) is 9.18 Å². The van der Waals surface area contributed by atoms with Gasteiger partial charge in [0.15, 0.2) is 0 Å². The van der Waals surface area contributed by atoms with E-state index in [-0.39, 0.29) is 12.1 Å². The molecule has 220 valence electrons. The minimum Gasteiger partial charge on any atom is -0.455 e. The third-order valence-electron chi connectivity index (χ3n) is 6.87. The van der Waals surface area contributed by atoms with Crippen LogP contribution in [0.1, 0.15) is 83.6 Å². The maximum absolute atomic E-state index is 13.4. The number of rotatable bonds is 5. The van der Waals surface area contributed by atoms with Crippen molar-refractivity contribution in [1.82, 2.24) is 34.0 Å². The summed E-state index contributed by atoms with van der Waals surface area (Å²) in [5, 5.41) is 4.71. The third-order valence-corrected chi connectivity index (χ3v) is 6.87. The Kier molecular flexibility index (Phi) is 8.94. The molecule has 4 aromatic heterocycles. The zero-order valence-corrected chi connectivity index (χ0v) is 25.2. The monoisotopic (exact) mass is 565 g/mol. The molecule has 1 amide bonds. The van der Waals surface area contributed by atoms with Gasteiger partial charge in [-0.1, -0.05) is 13.8 Å². The van der Waals surface area contributed by atoms with Gasteiger partial charge in [-0.05, 0) is 66.5 Å². The van der Waals surface area contributed by atoms with Crippen LogP contribution in [-0.2, 0) is 4.74 Å². The number of aromatic nitrogens is 6. The minimum absolute atomic E-state index is 0.162. The number of hydrogen-bond donors (Lipinski definition) is 0. The molecule has 5 rings (SSSR count). The van der Waals surface area contributed by atoms with Crippen molar-refractivity contribution in [2.45, 2.75) is 86.0 Å². The summed E-state index contributed by atoms with van der Waals surface area (Å²) in [6, 6.07) is 5.41. The molecule has 1 fully saturated rings. The van der Waals surface area contributed by atoms with E-state index in [4.69, 9.17) is 19.6 Å². The van der Waals surface area contributed by atoms with Crippen molar-refractivity contribution < 1.29 is 18.7 Å². The van der Waals surface area contributed by atoms with Crippen LogP contribution in [0.5, 0.6) is 6.01 Å². The van der Waals surface area contributed by atoms with Gasteiger partial charge in [-0.25, -0.2) is 14.2 Å². The highest BCUT2D eigenvalue weighted by Gasteiger charge is 2.29. The molecule has 0 unspecified atom stereocenters. The maximum atomic E-state index is 13.4. The lowest BCUT2D eigenvalue weighted by molar-refractivity contribution is 0.0184. The molecule has 1 atom stereocenters. The first-order valence-electron chi connectivity index (χ1n) is 14.2. The van der Waals surface area contributed by atoms with Gasteiger partial charge in [-0.3, -0.25) is 14.1 Å². The Hall–Kier alpha value is -4.02. The second kappa shape index (κ2) is 12.2. The Bertz CT molecular complexity index is 1480. The number of hydrogen-bond acceptors (Lipinski definition) is 7. The smallest absolute Gasteiger partial charge is 0.410 e. The van der Waals surface area contributed by atoms with Crippen LogP contribution in [0.4, 0.5) is 9.18 Å². The first-order chi connectivity index (χ1) is 19.5. The third kappa shape index (κ3) is 6.66. The quantitative estimate of drug-likeness (QED) is 0.273. The Labute approximate surface area is 240 Å². The highest BCUT2D eigenvalue weighted by Crippen LogP contribution is 2.31. The van der Waals surface area contributed by atoms with E-state index >= 15 is 0 Å². The molecule has 41 heavy (non-hydrogen) atoms. The number of pyridine rings is 1. The summed E-state index contributed by atoms with van der Waals surface area (Å²) < 4.78 is 29.0. The van der Waals surface area contributed by atoms with Crippen molar-refractivity contribution in [1.29, 1.82) is 0 Å². The number of piperidine rings is 1. The number of likely N-dealkylation sites (tertiary alicyclic amines) is 1. The summed E-state index contributed by atoms with van der Waals surface area (Å²) in [4.78, 5) is 27.8. The molecule has 10 nitrogen and oxygen atoms in total. The van der Waals surface area contributed by atoms with Crippen LogP contribution in [0.25, 0.3) is 16.9 Å². The zero-order chi connectivity index (χ0) is 29.9. The highest BCUT2D eigenvalue weighted by molar-refractivity contribution is 5.68. The number of carbonyl (C=O) groups excluding carboxylic acids is 1. The summed E-state index contributed by atoms with van der Waals surface area (Å²) in [6.07, 6.45) is 5.59. The van der Waals surface area contributed by atoms with Gasteiger partial charge >= 0.3 is 12.1 Å². The maximum Gasteiger partial charge on any atom is 0.410 e. The number of imidazole rings is 1. The Morgan fingerprint density at radius 2 is 1.78 bits per heavy atom. The van der Waals surface area contributed by atoms with E-state index in [1.165, 1.54) is 12.3 Å². The summed E-state index contributed by atoms with van der Waals surface area (Å²) in [5.74, 6) is -0.401. The molecule has 1 saturated heterocycles. The van der Waals surface area contributed by atoms with Crippen molar-refractivity contribution in [3.63, 3.8) is 0 Å². The van der Waals surface area contributed by atoms with Gasteiger partial charge in [0.05, 0.1) is 29.8 Å². The van der Waals surface area contributed by atoms with E-state index in [2.05, 4.69) is 9.97 Å². The van der Waals surface area contributed by atoms with E-state index in [1.54, 1.807) is 17.2 Å². The van der Waals surface area contributed by atoms with Gasteiger partial charge in [-0.15, -0.1) is 0 Å². The van der Waals surface area contributed by atoms with Gasteiger partial charge in [0.2, 0.25) is 0 Å². The molecule has 0 spiro atoms. The fourth-order valence-corrected chi connectivity index (χ4v) is 4.84. The molecule has 0 radical (unpaired) electrons. The molecule has 0 aromatic carbocycles. The van der Waals surface area contributed by atoms with Crippen molar-refractivity contribution in [2.24, 2.45) is 0 Å². The molecular weight excluding hydrogens is 525 g/mol. The van der Waals surface area contributed by atoms with Crippen LogP contribution in [0.3, 0.4) is 0 Å². The molecule has 0 saturated carbocycles. The second-order valence-corrected chi connectivity index (χ2v) is 11.0. The van der Waals surface area contributed by atoms with Gasteiger partial charge < -0.3 is 14.4 Å². The number of fused-ring (bicyclic) bond motifs is 1. The first kappa shape index (κ1) is 30.0. The topological polar surface area (TPSA) is 99.7 Å². The SMILES string of the molecule is CC.Cc1c(-c2cc3ncc(C)n3c(O[C@H](C)c3ccc(F)cn3)n2)cnn1C1CCN(C(=O)OC(C)(C)C)CC1. The molecule has 0 aliphatic carbocycles. The van der Waals surface area contributed by atoms with E-state index in [1.807, 2.05) is 76.7 Å². The number of aryl methyl sites for hydroxylation is 1. The molecular formula is C30H40FN7O3. The van der Waals surface area contributed by atoms with E-state index in [0.29, 0.717) is 36.1 Å². The second-order valence-electron chi connectivity index (χ2n) is 11.0. The number of carbonyl (C=O) groups is 1. The van der Waals surface area contributed by atoms with Gasteiger partial charge in [-0.2, -0.15) is 10.1 Å². The van der Waals surface area contributed by atoms with Crippen molar-refractivity contribution in [3.8, 4) is 17.3 Å². The summed E-state index contributed by atoms with van der Waals surface area (Å²) >= 11 is 0. The predicted octanol–water partition coefficient (Wildman–Crippen LogP) is 6.48. The average Bonchev–Trinajstić information content (AvgIpc) is 3.51. The first-order valence-corrected chi connectivity index (χ1v) is 14.2. The summed E-state index contributed by atoms with van der Waals surface area (Å²) in [7, 11) is 0. The number of nitrogens with zero attached hydrogens (tertiary/aromatic N) is 7. The molecule has 0 N–H and O–H groups in total. The van der Waals surface area contributed by atoms with Crippen LogP contribution in [0.15, 0.2) is 36.8 Å². The summed E-state index contributed by atoms with van der Waals surface area (Å²) in [6.45, 7) is 16.6. The molecule has 11 heteroatoms. The fraction of sp³-hybridized carbons (Fsp3) is 0.500. The minimum atomic E-state index is -0.515. The van der Waals surface area contributed by atoms with Crippen LogP contribution in [0, 0.1) is 19.7 Å². The molecule has 1 aliphatic heterocycles. The van der Waals surface area contributed by atoms with Crippen molar-refractivity contribution in [3.05, 3.63) is 59.7 Å².